The normalized spacial score (nSPS) is 13.1. The van der Waals surface area contributed by atoms with Crippen LogP contribution in [0.5, 0.6) is 0 Å². The van der Waals surface area contributed by atoms with Crippen molar-refractivity contribution < 1.29 is 14.7 Å². The number of hydrogen-bond donors (Lipinski definition) is 2. The summed E-state index contributed by atoms with van der Waals surface area (Å²) in [5.41, 5.74) is 1.87. The summed E-state index contributed by atoms with van der Waals surface area (Å²) < 4.78 is 0. The van der Waals surface area contributed by atoms with Crippen LogP contribution in [0.2, 0.25) is 5.02 Å². The minimum Gasteiger partial charge on any atom is -0.393 e. The second-order valence-corrected chi connectivity index (χ2v) is 5.64. The number of Topliss-reactive ketones (excluding diaryl/α,β-unsaturated/α-hetero) is 1. The zero-order valence-electron chi connectivity index (χ0n) is 12.8. The first-order chi connectivity index (χ1) is 10.3. The quantitative estimate of drug-likeness (QED) is 0.790. The number of amides is 1. The van der Waals surface area contributed by atoms with Crippen LogP contribution < -0.4 is 5.32 Å². The first kappa shape index (κ1) is 18.1. The van der Waals surface area contributed by atoms with Crippen molar-refractivity contribution >= 4 is 29.0 Å². The van der Waals surface area contributed by atoms with E-state index in [0.29, 0.717) is 10.7 Å². The van der Waals surface area contributed by atoms with Crippen LogP contribution in [-0.4, -0.2) is 29.4 Å². The van der Waals surface area contributed by atoms with Gasteiger partial charge in [0, 0.05) is 0 Å². The molecule has 2 N–H and O–H groups in total. The van der Waals surface area contributed by atoms with Crippen molar-refractivity contribution in [1.82, 2.24) is 5.32 Å². The van der Waals surface area contributed by atoms with Gasteiger partial charge in [0.05, 0.1) is 30.2 Å². The molecule has 0 aliphatic carbocycles. The van der Waals surface area contributed by atoms with Crippen molar-refractivity contribution in [3.8, 4) is 0 Å². The highest BCUT2D eigenvalue weighted by Crippen LogP contribution is 2.31. The van der Waals surface area contributed by atoms with E-state index in [1.165, 1.54) is 13.8 Å². The van der Waals surface area contributed by atoms with Crippen molar-refractivity contribution in [3.63, 3.8) is 0 Å². The molecule has 22 heavy (non-hydrogen) atoms. The molecule has 1 aromatic rings. The minimum absolute atomic E-state index is 0.0571. The van der Waals surface area contributed by atoms with Crippen molar-refractivity contribution in [2.75, 3.05) is 6.54 Å². The smallest absolute Gasteiger partial charge is 0.226 e. The molecule has 0 bridgehead atoms. The van der Waals surface area contributed by atoms with Gasteiger partial charge < -0.3 is 10.4 Å². The molecule has 1 amide bonds. The van der Waals surface area contributed by atoms with Gasteiger partial charge in [-0.25, -0.2) is 4.85 Å². The molecule has 0 radical (unpaired) electrons. The molecule has 0 aliphatic rings. The van der Waals surface area contributed by atoms with E-state index in [1.54, 1.807) is 19.1 Å². The van der Waals surface area contributed by atoms with Crippen molar-refractivity contribution in [2.45, 2.75) is 33.3 Å². The van der Waals surface area contributed by atoms with E-state index >= 15 is 0 Å². The highest BCUT2D eigenvalue weighted by molar-refractivity contribution is 6.34. The molecule has 0 spiro atoms. The van der Waals surface area contributed by atoms with Gasteiger partial charge in [0.2, 0.25) is 11.6 Å². The fourth-order valence-corrected chi connectivity index (χ4v) is 2.31. The third-order valence-electron chi connectivity index (χ3n) is 3.47. The lowest BCUT2D eigenvalue weighted by Gasteiger charge is -2.20. The Labute approximate surface area is 135 Å². The number of benzene rings is 1. The third kappa shape index (κ3) is 4.55. The number of hydrogen-bond acceptors (Lipinski definition) is 3. The Kier molecular flexibility index (Phi) is 6.54. The Bertz CT molecular complexity index is 621. The standard InChI is InChI=1S/C16H19ClN2O3/c1-9(20)8-19-16(22)13(11(3)21)7-12-5-6-14(18-4)15(17)10(12)2/h5-6,11,13,21H,7-8H2,1-3H3,(H,19,22)/t11-,13+/m0/s1. The maximum absolute atomic E-state index is 12.1. The van der Waals surface area contributed by atoms with Crippen LogP contribution in [0.25, 0.3) is 4.85 Å². The van der Waals surface area contributed by atoms with E-state index in [0.717, 1.165) is 11.1 Å². The molecule has 0 saturated carbocycles. The van der Waals surface area contributed by atoms with E-state index in [4.69, 9.17) is 18.2 Å². The van der Waals surface area contributed by atoms with Crippen LogP contribution in [0.15, 0.2) is 12.1 Å². The zero-order chi connectivity index (χ0) is 16.9. The maximum Gasteiger partial charge on any atom is 0.226 e. The van der Waals surface area contributed by atoms with Crippen molar-refractivity contribution in [1.29, 1.82) is 0 Å². The van der Waals surface area contributed by atoms with E-state index in [-0.39, 0.29) is 24.7 Å². The molecule has 1 aromatic carbocycles. The third-order valence-corrected chi connectivity index (χ3v) is 3.95. The van der Waals surface area contributed by atoms with E-state index in [9.17, 15) is 14.7 Å². The first-order valence-corrected chi connectivity index (χ1v) is 7.26. The Hall–Kier alpha value is -1.90. The molecule has 0 fully saturated rings. The lowest BCUT2D eigenvalue weighted by molar-refractivity contribution is -0.130. The van der Waals surface area contributed by atoms with E-state index < -0.39 is 12.0 Å². The topological polar surface area (TPSA) is 70.8 Å². The number of nitrogens with zero attached hydrogens (tertiary/aromatic N) is 1. The number of carbonyl (C=O) groups is 2. The molecule has 0 unspecified atom stereocenters. The maximum atomic E-state index is 12.1. The van der Waals surface area contributed by atoms with Gasteiger partial charge in [0.15, 0.2) is 0 Å². The molecule has 6 heteroatoms. The van der Waals surface area contributed by atoms with Gasteiger partial charge in [-0.2, -0.15) is 0 Å². The average Bonchev–Trinajstić information content (AvgIpc) is 2.46. The summed E-state index contributed by atoms with van der Waals surface area (Å²) in [5, 5.41) is 12.7. The number of ketones is 1. The fourth-order valence-electron chi connectivity index (χ4n) is 2.08. The number of nitrogens with one attached hydrogen (secondary N) is 1. The Morgan fingerprint density at radius 1 is 1.45 bits per heavy atom. The lowest BCUT2D eigenvalue weighted by atomic mass is 9.91. The molecule has 2 atom stereocenters. The molecular weight excluding hydrogens is 304 g/mol. The van der Waals surface area contributed by atoms with Crippen molar-refractivity contribution in [3.05, 3.63) is 39.7 Å². The largest absolute Gasteiger partial charge is 0.393 e. The number of halogens is 1. The van der Waals surface area contributed by atoms with Gasteiger partial charge in [-0.1, -0.05) is 23.7 Å². The zero-order valence-corrected chi connectivity index (χ0v) is 13.6. The molecule has 0 heterocycles. The summed E-state index contributed by atoms with van der Waals surface area (Å²) in [4.78, 5) is 26.4. The van der Waals surface area contributed by atoms with Crippen LogP contribution in [-0.2, 0) is 16.0 Å². The van der Waals surface area contributed by atoms with E-state index in [1.807, 2.05) is 0 Å². The summed E-state index contributed by atoms with van der Waals surface area (Å²) in [6, 6.07) is 3.34. The first-order valence-electron chi connectivity index (χ1n) is 6.88. The van der Waals surface area contributed by atoms with Crippen LogP contribution in [0.1, 0.15) is 25.0 Å². The van der Waals surface area contributed by atoms with Gasteiger partial charge in [-0.05, 0) is 38.3 Å². The monoisotopic (exact) mass is 322 g/mol. The van der Waals surface area contributed by atoms with Gasteiger partial charge in [0.25, 0.3) is 0 Å². The van der Waals surface area contributed by atoms with Gasteiger partial charge >= 0.3 is 0 Å². The number of aliphatic hydroxyl groups excluding tert-OH is 1. The average molecular weight is 323 g/mol. The van der Waals surface area contributed by atoms with Gasteiger partial charge in [-0.3, -0.25) is 9.59 Å². The SMILES string of the molecule is [C-]#[N+]c1ccc(C[C@@H](C(=O)NCC(C)=O)[C@H](C)O)c(C)c1Cl. The molecular formula is C16H19ClN2O3. The second kappa shape index (κ2) is 7.92. The summed E-state index contributed by atoms with van der Waals surface area (Å²) in [6.45, 7) is 11.7. The molecule has 0 saturated heterocycles. The summed E-state index contributed by atoms with van der Waals surface area (Å²) >= 11 is 6.12. The number of aliphatic hydroxyl groups is 1. The van der Waals surface area contributed by atoms with Crippen molar-refractivity contribution in [2.24, 2.45) is 5.92 Å². The van der Waals surface area contributed by atoms with E-state index in [2.05, 4.69) is 10.2 Å². The highest BCUT2D eigenvalue weighted by atomic mass is 35.5. The molecule has 118 valence electrons. The van der Waals surface area contributed by atoms with Crippen LogP contribution in [0, 0.1) is 19.4 Å². The minimum atomic E-state index is -0.870. The van der Waals surface area contributed by atoms with Crippen LogP contribution >= 0.6 is 11.6 Å². The predicted octanol–water partition coefficient (Wildman–Crippen LogP) is 2.44. The second-order valence-electron chi connectivity index (χ2n) is 5.27. The molecule has 0 aliphatic heterocycles. The van der Waals surface area contributed by atoms with Crippen LogP contribution in [0.4, 0.5) is 5.69 Å². The Balaban J connectivity index is 2.97. The lowest BCUT2D eigenvalue weighted by Crippen LogP contribution is -2.39. The number of rotatable bonds is 6. The molecule has 1 rings (SSSR count). The Morgan fingerprint density at radius 2 is 2.09 bits per heavy atom. The fraction of sp³-hybridized carbons (Fsp3) is 0.438. The highest BCUT2D eigenvalue weighted by Gasteiger charge is 2.25. The summed E-state index contributed by atoms with van der Waals surface area (Å²) in [5.74, 6) is -1.22. The predicted molar refractivity (Wildman–Crippen MR) is 85.0 cm³/mol. The number of carbonyl (C=O) groups excluding carboxylic acids is 2. The summed E-state index contributed by atoms with van der Waals surface area (Å²) in [7, 11) is 0. The Morgan fingerprint density at radius 3 is 2.59 bits per heavy atom. The van der Waals surface area contributed by atoms with Gasteiger partial charge in [0.1, 0.15) is 5.78 Å². The van der Waals surface area contributed by atoms with Gasteiger partial charge in [-0.15, -0.1) is 0 Å². The van der Waals surface area contributed by atoms with Crippen LogP contribution in [0.3, 0.4) is 0 Å². The molecule has 5 nitrogen and oxygen atoms in total. The summed E-state index contributed by atoms with van der Waals surface area (Å²) in [6.07, 6.45) is -0.587. The molecule has 0 aromatic heterocycles.